The number of likely N-dealkylation sites (tertiary alicyclic amines) is 1. The highest BCUT2D eigenvalue weighted by atomic mass is 32.1. The predicted molar refractivity (Wildman–Crippen MR) is 111 cm³/mol. The maximum Gasteiger partial charge on any atom is 0.204 e. The molecular formula is C21H23N5O2S. The molecule has 0 unspecified atom stereocenters. The average Bonchev–Trinajstić information content (AvgIpc) is 3.36. The first-order chi connectivity index (χ1) is 14.2. The smallest absolute Gasteiger partial charge is 0.204 e. The molecule has 2 aromatic heterocycles. The van der Waals surface area contributed by atoms with Crippen molar-refractivity contribution in [3.63, 3.8) is 0 Å². The predicted octanol–water partition coefficient (Wildman–Crippen LogP) is 3.26. The van der Waals surface area contributed by atoms with E-state index in [2.05, 4.69) is 9.88 Å². The molecule has 0 radical (unpaired) electrons. The van der Waals surface area contributed by atoms with E-state index in [4.69, 9.17) is 26.8 Å². The Bertz CT molecular complexity index is 1020. The molecule has 0 amide bonds. The third-order valence-electron chi connectivity index (χ3n) is 5.56. The van der Waals surface area contributed by atoms with Crippen LogP contribution in [0, 0.1) is 4.77 Å². The van der Waals surface area contributed by atoms with Gasteiger partial charge in [-0.3, -0.25) is 14.5 Å². The highest BCUT2D eigenvalue weighted by molar-refractivity contribution is 7.71. The van der Waals surface area contributed by atoms with Gasteiger partial charge in [0.25, 0.3) is 0 Å². The van der Waals surface area contributed by atoms with Gasteiger partial charge < -0.3 is 9.47 Å². The highest BCUT2D eigenvalue weighted by Gasteiger charge is 2.39. The van der Waals surface area contributed by atoms with E-state index in [-0.39, 0.29) is 5.79 Å². The van der Waals surface area contributed by atoms with Crippen molar-refractivity contribution in [1.82, 2.24) is 24.2 Å². The molecule has 0 N–H and O–H groups in total. The summed E-state index contributed by atoms with van der Waals surface area (Å²) in [6.45, 7) is 3.83. The molecule has 2 fully saturated rings. The number of benzene rings is 1. The third kappa shape index (κ3) is 3.64. The van der Waals surface area contributed by atoms with Crippen molar-refractivity contribution in [1.29, 1.82) is 0 Å². The van der Waals surface area contributed by atoms with E-state index >= 15 is 0 Å². The Morgan fingerprint density at radius 3 is 2.34 bits per heavy atom. The third-order valence-corrected chi connectivity index (χ3v) is 5.95. The molecule has 0 atom stereocenters. The number of nitrogens with zero attached hydrogens (tertiary/aromatic N) is 5. The number of rotatable bonds is 4. The Morgan fingerprint density at radius 2 is 1.66 bits per heavy atom. The van der Waals surface area contributed by atoms with Crippen LogP contribution in [0.25, 0.3) is 17.1 Å². The van der Waals surface area contributed by atoms with Gasteiger partial charge in [0.2, 0.25) is 4.77 Å². The molecule has 4 heterocycles. The van der Waals surface area contributed by atoms with Crippen molar-refractivity contribution in [3.05, 3.63) is 59.6 Å². The van der Waals surface area contributed by atoms with Crippen LogP contribution in [0.4, 0.5) is 0 Å². The zero-order valence-corrected chi connectivity index (χ0v) is 16.9. The first kappa shape index (κ1) is 18.6. The zero-order valence-electron chi connectivity index (χ0n) is 16.1. The summed E-state index contributed by atoms with van der Waals surface area (Å²) in [6, 6.07) is 14.0. The quantitative estimate of drug-likeness (QED) is 0.617. The molecule has 2 aliphatic heterocycles. The molecule has 2 saturated heterocycles. The van der Waals surface area contributed by atoms with Crippen molar-refractivity contribution < 1.29 is 9.47 Å². The molecule has 2 aliphatic rings. The number of hydrogen-bond donors (Lipinski definition) is 0. The Labute approximate surface area is 174 Å². The maximum absolute atomic E-state index is 5.84. The van der Waals surface area contributed by atoms with Gasteiger partial charge in [0.05, 0.1) is 19.9 Å². The number of piperidine rings is 1. The second-order valence-electron chi connectivity index (χ2n) is 7.38. The van der Waals surface area contributed by atoms with Gasteiger partial charge >= 0.3 is 0 Å². The van der Waals surface area contributed by atoms with Gasteiger partial charge in [0.1, 0.15) is 0 Å². The first-order valence-corrected chi connectivity index (χ1v) is 10.3. The largest absolute Gasteiger partial charge is 0.347 e. The van der Waals surface area contributed by atoms with Crippen LogP contribution in [0.15, 0.2) is 54.9 Å². The molecule has 5 rings (SSSR count). The molecule has 0 bridgehead atoms. The van der Waals surface area contributed by atoms with E-state index in [1.807, 2.05) is 51.7 Å². The van der Waals surface area contributed by atoms with Crippen molar-refractivity contribution in [2.75, 3.05) is 26.3 Å². The lowest BCUT2D eigenvalue weighted by molar-refractivity contribution is -0.187. The molecular weight excluding hydrogens is 386 g/mol. The molecule has 29 heavy (non-hydrogen) atoms. The van der Waals surface area contributed by atoms with Crippen molar-refractivity contribution in [2.45, 2.75) is 25.3 Å². The summed E-state index contributed by atoms with van der Waals surface area (Å²) in [7, 11) is 0. The second kappa shape index (κ2) is 7.79. The minimum absolute atomic E-state index is 0.371. The van der Waals surface area contributed by atoms with Crippen LogP contribution in [0.5, 0.6) is 0 Å². The lowest BCUT2D eigenvalue weighted by Gasteiger charge is -2.37. The summed E-state index contributed by atoms with van der Waals surface area (Å²) in [4.78, 5) is 6.48. The number of aromatic nitrogens is 4. The van der Waals surface area contributed by atoms with E-state index in [0.717, 1.165) is 43.0 Å². The summed E-state index contributed by atoms with van der Waals surface area (Å²) in [6.07, 6.45) is 5.30. The fourth-order valence-electron chi connectivity index (χ4n) is 4.01. The van der Waals surface area contributed by atoms with Gasteiger partial charge in [-0.15, -0.1) is 5.10 Å². The Hall–Kier alpha value is -2.39. The minimum atomic E-state index is -0.371. The Kier molecular flexibility index (Phi) is 5.01. The van der Waals surface area contributed by atoms with Crippen LogP contribution < -0.4 is 0 Å². The van der Waals surface area contributed by atoms with E-state index in [9.17, 15) is 0 Å². The monoisotopic (exact) mass is 409 g/mol. The molecule has 3 aromatic rings. The molecule has 1 spiro atoms. The normalized spacial score (nSPS) is 19.0. The van der Waals surface area contributed by atoms with E-state index in [1.54, 1.807) is 12.4 Å². The van der Waals surface area contributed by atoms with Crippen LogP contribution in [-0.4, -0.2) is 56.3 Å². The topological polar surface area (TPSA) is 57.3 Å². The maximum atomic E-state index is 5.84. The van der Waals surface area contributed by atoms with Crippen LogP contribution >= 0.6 is 12.2 Å². The zero-order chi connectivity index (χ0) is 19.7. The SMILES string of the molecule is S=c1n(CN2CCC3(CC2)OCCO3)nc(-c2ccncc2)n1-c1ccccc1. The molecule has 150 valence electrons. The van der Waals surface area contributed by atoms with Crippen molar-refractivity contribution in [2.24, 2.45) is 0 Å². The van der Waals surface area contributed by atoms with E-state index in [0.29, 0.717) is 24.7 Å². The minimum Gasteiger partial charge on any atom is -0.347 e. The summed E-state index contributed by atoms with van der Waals surface area (Å²) in [5.74, 6) is 0.448. The lowest BCUT2D eigenvalue weighted by atomic mass is 10.0. The van der Waals surface area contributed by atoms with Gasteiger partial charge in [-0.25, -0.2) is 4.68 Å². The molecule has 0 saturated carbocycles. The van der Waals surface area contributed by atoms with E-state index in [1.165, 1.54) is 0 Å². The standard InChI is InChI=1S/C21H23N5O2S/c29-20-25(16-24-12-8-21(9-13-24)27-14-15-28-21)23-19(17-6-10-22-11-7-17)26(20)18-4-2-1-3-5-18/h1-7,10-11H,8-9,12-16H2. The lowest BCUT2D eigenvalue weighted by Crippen LogP contribution is -2.45. The van der Waals surface area contributed by atoms with Crippen LogP contribution in [0.1, 0.15) is 12.8 Å². The molecule has 1 aromatic carbocycles. The van der Waals surface area contributed by atoms with Gasteiger partial charge in [0.15, 0.2) is 11.6 Å². The molecule has 0 aliphatic carbocycles. The Balaban J connectivity index is 1.45. The molecule has 7 nitrogen and oxygen atoms in total. The number of para-hydroxylation sites is 1. The van der Waals surface area contributed by atoms with Gasteiger partial charge in [-0.05, 0) is 36.5 Å². The number of hydrogen-bond acceptors (Lipinski definition) is 6. The fourth-order valence-corrected chi connectivity index (χ4v) is 4.30. The van der Waals surface area contributed by atoms with Crippen molar-refractivity contribution >= 4 is 12.2 Å². The number of ether oxygens (including phenoxy) is 2. The van der Waals surface area contributed by atoms with Crippen LogP contribution in [-0.2, 0) is 16.1 Å². The first-order valence-electron chi connectivity index (χ1n) is 9.90. The summed E-state index contributed by atoms with van der Waals surface area (Å²) < 4.78 is 16.3. The molecule has 8 heteroatoms. The van der Waals surface area contributed by atoms with E-state index < -0.39 is 0 Å². The van der Waals surface area contributed by atoms with Crippen LogP contribution in [0.2, 0.25) is 0 Å². The number of pyridine rings is 1. The summed E-state index contributed by atoms with van der Waals surface area (Å²) in [5.41, 5.74) is 1.99. The average molecular weight is 410 g/mol. The second-order valence-corrected chi connectivity index (χ2v) is 7.74. The van der Waals surface area contributed by atoms with Gasteiger partial charge in [0, 0.05) is 49.6 Å². The van der Waals surface area contributed by atoms with Crippen LogP contribution in [0.3, 0.4) is 0 Å². The Morgan fingerprint density at radius 1 is 0.966 bits per heavy atom. The van der Waals surface area contributed by atoms with Crippen molar-refractivity contribution in [3.8, 4) is 17.1 Å². The highest BCUT2D eigenvalue weighted by Crippen LogP contribution is 2.31. The fraction of sp³-hybridized carbons (Fsp3) is 0.381. The van der Waals surface area contributed by atoms with Gasteiger partial charge in [-0.2, -0.15) is 0 Å². The summed E-state index contributed by atoms with van der Waals surface area (Å²) >= 11 is 5.84. The van der Waals surface area contributed by atoms with Gasteiger partial charge in [-0.1, -0.05) is 18.2 Å². The summed E-state index contributed by atoms with van der Waals surface area (Å²) in [5, 5.41) is 4.88.